The molecular weight excluding hydrogens is 454 g/mol. The molecule has 0 radical (unpaired) electrons. The average molecular weight is 484 g/mol. The van der Waals surface area contributed by atoms with Crippen LogP contribution in [0.3, 0.4) is 0 Å². The van der Waals surface area contributed by atoms with Crippen LogP contribution in [0.5, 0.6) is 11.5 Å². The van der Waals surface area contributed by atoms with Crippen molar-refractivity contribution in [1.82, 2.24) is 9.97 Å². The summed E-state index contributed by atoms with van der Waals surface area (Å²) in [5.41, 5.74) is 4.58. The van der Waals surface area contributed by atoms with Crippen LogP contribution >= 0.6 is 0 Å². The first-order valence-electron chi connectivity index (χ1n) is 11.9. The molecule has 1 saturated heterocycles. The fourth-order valence-electron chi connectivity index (χ4n) is 3.89. The molecule has 2 heterocycles. The predicted octanol–water partition coefficient (Wildman–Crippen LogP) is 5.39. The first kappa shape index (κ1) is 23.4. The van der Waals surface area contributed by atoms with Gasteiger partial charge in [-0.05, 0) is 48.4 Å². The van der Waals surface area contributed by atoms with Crippen molar-refractivity contribution in [3.63, 3.8) is 0 Å². The molecule has 1 fully saturated rings. The molecule has 8 heteroatoms. The van der Waals surface area contributed by atoms with Gasteiger partial charge >= 0.3 is 0 Å². The largest absolute Gasteiger partial charge is 0.508 e. The first-order chi connectivity index (χ1) is 17.6. The van der Waals surface area contributed by atoms with Crippen LogP contribution < -0.4 is 20.3 Å². The van der Waals surface area contributed by atoms with Gasteiger partial charge < -0.3 is 30.1 Å². The minimum absolute atomic E-state index is 0.208. The summed E-state index contributed by atoms with van der Waals surface area (Å²) in [5, 5.41) is 16.7. The Morgan fingerprint density at radius 3 is 2.44 bits per heavy atom. The van der Waals surface area contributed by atoms with Gasteiger partial charge in [0.25, 0.3) is 0 Å². The Morgan fingerprint density at radius 2 is 1.69 bits per heavy atom. The van der Waals surface area contributed by atoms with Crippen LogP contribution in [-0.4, -0.2) is 41.4 Å². The van der Waals surface area contributed by atoms with Gasteiger partial charge in [0.05, 0.1) is 19.4 Å². The molecule has 5 rings (SSSR count). The normalized spacial score (nSPS) is 13.3. The highest BCUT2D eigenvalue weighted by molar-refractivity contribution is 5.66. The molecule has 0 spiro atoms. The SMILES string of the molecule is Cc1ccc(Nc2nc(Nc3ccc(N4CCOCC4)cc3)ncc2OCc2ccccc2)cc1O. The molecule has 3 N–H and O–H groups in total. The van der Waals surface area contributed by atoms with Crippen molar-refractivity contribution in [1.29, 1.82) is 0 Å². The van der Waals surface area contributed by atoms with Gasteiger partial charge in [-0.2, -0.15) is 4.98 Å². The molecule has 3 aromatic carbocycles. The van der Waals surface area contributed by atoms with Crippen molar-refractivity contribution in [2.75, 3.05) is 41.8 Å². The van der Waals surface area contributed by atoms with E-state index < -0.39 is 0 Å². The standard InChI is InChI=1S/C28H29N5O3/c1-20-7-8-23(17-25(20)34)30-27-26(36-19-21-5-3-2-4-6-21)18-29-28(32-27)31-22-9-11-24(12-10-22)33-13-15-35-16-14-33/h2-12,17-18,34H,13-16,19H2,1H3,(H2,29,30,31,32). The number of aryl methyl sites for hydroxylation is 1. The second-order valence-electron chi connectivity index (χ2n) is 8.58. The second kappa shape index (κ2) is 11.0. The lowest BCUT2D eigenvalue weighted by Gasteiger charge is -2.28. The van der Waals surface area contributed by atoms with E-state index in [1.165, 1.54) is 0 Å². The van der Waals surface area contributed by atoms with Crippen molar-refractivity contribution in [2.24, 2.45) is 0 Å². The van der Waals surface area contributed by atoms with Gasteiger partial charge in [-0.15, -0.1) is 0 Å². The Hall–Kier alpha value is -4.30. The smallest absolute Gasteiger partial charge is 0.229 e. The monoisotopic (exact) mass is 483 g/mol. The van der Waals surface area contributed by atoms with Crippen molar-refractivity contribution in [3.05, 3.63) is 90.1 Å². The lowest BCUT2D eigenvalue weighted by molar-refractivity contribution is 0.122. The molecule has 0 aliphatic carbocycles. The van der Waals surface area contributed by atoms with E-state index >= 15 is 0 Å². The summed E-state index contributed by atoms with van der Waals surface area (Å²) in [6, 6.07) is 23.5. The highest BCUT2D eigenvalue weighted by Crippen LogP contribution is 2.30. The van der Waals surface area contributed by atoms with Gasteiger partial charge in [-0.3, -0.25) is 0 Å². The maximum atomic E-state index is 10.1. The number of morpholine rings is 1. The minimum atomic E-state index is 0.208. The van der Waals surface area contributed by atoms with Crippen LogP contribution in [-0.2, 0) is 11.3 Å². The van der Waals surface area contributed by atoms with Crippen molar-refractivity contribution >= 4 is 28.8 Å². The summed E-state index contributed by atoms with van der Waals surface area (Å²) in [6.07, 6.45) is 1.65. The molecule has 0 saturated carbocycles. The fraction of sp³-hybridized carbons (Fsp3) is 0.214. The van der Waals surface area contributed by atoms with E-state index in [-0.39, 0.29) is 5.75 Å². The Bertz CT molecular complexity index is 1290. The number of nitrogens with zero attached hydrogens (tertiary/aromatic N) is 3. The Balaban J connectivity index is 1.35. The topological polar surface area (TPSA) is 91.8 Å². The molecule has 1 aliphatic heterocycles. The number of aromatic nitrogens is 2. The number of rotatable bonds is 8. The molecule has 1 aromatic heterocycles. The molecule has 0 bridgehead atoms. The highest BCUT2D eigenvalue weighted by Gasteiger charge is 2.13. The summed E-state index contributed by atoms with van der Waals surface area (Å²) < 4.78 is 11.5. The number of ether oxygens (including phenoxy) is 2. The molecule has 184 valence electrons. The third kappa shape index (κ3) is 5.84. The summed E-state index contributed by atoms with van der Waals surface area (Å²) in [4.78, 5) is 11.4. The fourth-order valence-corrected chi connectivity index (χ4v) is 3.89. The number of hydrogen-bond donors (Lipinski definition) is 3. The zero-order valence-electron chi connectivity index (χ0n) is 20.1. The van der Waals surface area contributed by atoms with E-state index in [4.69, 9.17) is 9.47 Å². The molecule has 0 unspecified atom stereocenters. The van der Waals surface area contributed by atoms with Crippen molar-refractivity contribution < 1.29 is 14.6 Å². The number of phenols is 1. The molecule has 0 amide bonds. The van der Waals surface area contributed by atoms with Gasteiger partial charge in [0.2, 0.25) is 5.95 Å². The molecule has 0 atom stereocenters. The number of nitrogens with one attached hydrogen (secondary N) is 2. The maximum absolute atomic E-state index is 10.1. The van der Waals surface area contributed by atoms with Crippen molar-refractivity contribution in [3.8, 4) is 11.5 Å². The number of aromatic hydroxyl groups is 1. The van der Waals surface area contributed by atoms with Gasteiger partial charge in [-0.25, -0.2) is 4.98 Å². The summed E-state index contributed by atoms with van der Waals surface area (Å²) in [6.45, 7) is 5.52. The van der Waals surface area contributed by atoms with Crippen LogP contribution in [0, 0.1) is 6.92 Å². The predicted molar refractivity (Wildman–Crippen MR) is 142 cm³/mol. The third-order valence-corrected chi connectivity index (χ3v) is 5.96. The van der Waals surface area contributed by atoms with Gasteiger partial charge in [0, 0.05) is 36.2 Å². The summed E-state index contributed by atoms with van der Waals surface area (Å²) >= 11 is 0. The number of anilines is 5. The zero-order valence-corrected chi connectivity index (χ0v) is 20.1. The van der Waals surface area contributed by atoms with E-state index in [1.807, 2.05) is 61.5 Å². The second-order valence-corrected chi connectivity index (χ2v) is 8.58. The van der Waals surface area contributed by atoms with E-state index in [2.05, 4.69) is 37.6 Å². The molecule has 36 heavy (non-hydrogen) atoms. The van der Waals surface area contributed by atoms with Gasteiger partial charge in [0.1, 0.15) is 12.4 Å². The highest BCUT2D eigenvalue weighted by atomic mass is 16.5. The Morgan fingerprint density at radius 1 is 0.944 bits per heavy atom. The van der Waals surface area contributed by atoms with Crippen LogP contribution in [0.15, 0.2) is 79.0 Å². The third-order valence-electron chi connectivity index (χ3n) is 5.96. The van der Waals surface area contributed by atoms with Gasteiger partial charge in [0.15, 0.2) is 11.6 Å². The van der Waals surface area contributed by atoms with Crippen LogP contribution in [0.1, 0.15) is 11.1 Å². The molecule has 8 nitrogen and oxygen atoms in total. The lowest BCUT2D eigenvalue weighted by Crippen LogP contribution is -2.36. The van der Waals surface area contributed by atoms with Crippen LogP contribution in [0.4, 0.5) is 28.8 Å². The van der Waals surface area contributed by atoms with E-state index in [1.54, 1.807) is 12.3 Å². The lowest BCUT2D eigenvalue weighted by atomic mass is 10.2. The quantitative estimate of drug-likeness (QED) is 0.307. The van der Waals surface area contributed by atoms with Crippen molar-refractivity contribution in [2.45, 2.75) is 13.5 Å². The van der Waals surface area contributed by atoms with Gasteiger partial charge in [-0.1, -0.05) is 36.4 Å². The van der Waals surface area contributed by atoms with Crippen LogP contribution in [0.2, 0.25) is 0 Å². The van der Waals surface area contributed by atoms with E-state index in [0.29, 0.717) is 29.8 Å². The molecule has 4 aromatic rings. The molecule has 1 aliphatic rings. The summed E-state index contributed by atoms with van der Waals surface area (Å²) in [7, 11) is 0. The van der Waals surface area contributed by atoms with Crippen LogP contribution in [0.25, 0.3) is 0 Å². The Labute approximate surface area is 210 Å². The van der Waals surface area contributed by atoms with E-state index in [0.717, 1.165) is 48.8 Å². The average Bonchev–Trinajstić information content (AvgIpc) is 2.92. The Kier molecular flexibility index (Phi) is 7.14. The maximum Gasteiger partial charge on any atom is 0.229 e. The minimum Gasteiger partial charge on any atom is -0.508 e. The van der Waals surface area contributed by atoms with E-state index in [9.17, 15) is 5.11 Å². The number of phenolic OH excluding ortho intramolecular Hbond substituents is 1. The summed E-state index contributed by atoms with van der Waals surface area (Å²) in [5.74, 6) is 1.64. The zero-order chi connectivity index (χ0) is 24.7. The number of benzene rings is 3. The number of hydrogen-bond acceptors (Lipinski definition) is 8. The molecular formula is C28H29N5O3. The first-order valence-corrected chi connectivity index (χ1v) is 11.9.